The molecule has 1 saturated heterocycles. The second kappa shape index (κ2) is 13.8. The van der Waals surface area contributed by atoms with Crippen molar-refractivity contribution in [3.8, 4) is 11.5 Å². The molecule has 7 nitrogen and oxygen atoms in total. The molecule has 0 aliphatic carbocycles. The second-order valence-corrected chi connectivity index (χ2v) is 9.99. The van der Waals surface area contributed by atoms with E-state index in [0.717, 1.165) is 24.2 Å². The lowest BCUT2D eigenvalue weighted by molar-refractivity contribution is -0.140. The highest BCUT2D eigenvalue weighted by molar-refractivity contribution is 6.46. The molecule has 0 spiro atoms. The Hall–Kier alpha value is -4.36. The van der Waals surface area contributed by atoms with Crippen LogP contribution in [0.2, 0.25) is 0 Å². The van der Waals surface area contributed by atoms with Crippen LogP contribution in [0.25, 0.3) is 5.76 Å². The fourth-order valence-electron chi connectivity index (χ4n) is 4.98. The lowest BCUT2D eigenvalue weighted by atomic mass is 9.95. The van der Waals surface area contributed by atoms with Crippen LogP contribution < -0.4 is 9.47 Å². The molecule has 1 fully saturated rings. The van der Waals surface area contributed by atoms with Crippen molar-refractivity contribution in [2.24, 2.45) is 0 Å². The van der Waals surface area contributed by atoms with Crippen LogP contribution in [0.5, 0.6) is 11.5 Å². The van der Waals surface area contributed by atoms with Crippen molar-refractivity contribution in [1.29, 1.82) is 0 Å². The molecule has 0 aromatic heterocycles. The Morgan fingerprint density at radius 3 is 2.27 bits per heavy atom. The highest BCUT2D eigenvalue weighted by Gasteiger charge is 2.46. The molecule has 1 aliphatic rings. The van der Waals surface area contributed by atoms with Crippen molar-refractivity contribution < 1.29 is 24.2 Å². The Kier molecular flexibility index (Phi) is 9.98. The lowest BCUT2D eigenvalue weighted by Gasteiger charge is -2.28. The lowest BCUT2D eigenvalue weighted by Crippen LogP contribution is -2.38. The number of likely N-dealkylation sites (N-methyl/N-ethyl adjacent to an activating group) is 1. The summed E-state index contributed by atoms with van der Waals surface area (Å²) in [5, 5.41) is 11.4. The van der Waals surface area contributed by atoms with Crippen LogP contribution >= 0.6 is 0 Å². The summed E-state index contributed by atoms with van der Waals surface area (Å²) >= 11 is 0. The number of aryl methyl sites for hydroxylation is 1. The van der Waals surface area contributed by atoms with Gasteiger partial charge in [0.05, 0.1) is 11.6 Å². The molecule has 0 bridgehead atoms. The van der Waals surface area contributed by atoms with Gasteiger partial charge in [0.15, 0.2) is 0 Å². The summed E-state index contributed by atoms with van der Waals surface area (Å²) < 4.78 is 11.5. The standard InChI is InChI=1S/C34H38N2O5/c1-5-21-40-28-15-11-26(12-16-28)31-30(33(38)34(39)36(31)20-19-35(6-2)7-3)32(37)27-13-17-29(18-14-27)41-23-25-10-8-9-24(4)22-25/h5,8-18,22,31,37H,1,6-7,19-21,23H2,2-4H3/b32-30+. The van der Waals surface area contributed by atoms with Crippen LogP contribution in [-0.2, 0) is 16.2 Å². The second-order valence-electron chi connectivity index (χ2n) is 9.99. The minimum absolute atomic E-state index is 0.0720. The Labute approximate surface area is 242 Å². The number of aliphatic hydroxyl groups is 1. The zero-order valence-electron chi connectivity index (χ0n) is 24.0. The Morgan fingerprint density at radius 2 is 1.63 bits per heavy atom. The molecule has 7 heteroatoms. The van der Waals surface area contributed by atoms with Gasteiger partial charge < -0.3 is 24.4 Å². The first kappa shape index (κ1) is 29.6. The maximum Gasteiger partial charge on any atom is 0.295 e. The summed E-state index contributed by atoms with van der Waals surface area (Å²) in [6, 6.07) is 21.5. The number of amides is 1. The molecule has 0 radical (unpaired) electrons. The van der Waals surface area contributed by atoms with E-state index in [4.69, 9.17) is 9.47 Å². The number of carbonyl (C=O) groups excluding carboxylic acids is 2. The number of nitrogens with zero attached hydrogens (tertiary/aromatic N) is 2. The number of hydrogen-bond donors (Lipinski definition) is 1. The van der Waals surface area contributed by atoms with Crippen molar-refractivity contribution in [1.82, 2.24) is 9.80 Å². The van der Waals surface area contributed by atoms with Crippen LogP contribution in [0.4, 0.5) is 0 Å². The maximum atomic E-state index is 13.4. The van der Waals surface area contributed by atoms with E-state index in [1.165, 1.54) is 0 Å². The topological polar surface area (TPSA) is 79.3 Å². The highest BCUT2D eigenvalue weighted by atomic mass is 16.5. The number of hydrogen-bond acceptors (Lipinski definition) is 6. The van der Waals surface area contributed by atoms with Crippen molar-refractivity contribution in [2.45, 2.75) is 33.4 Å². The smallest absolute Gasteiger partial charge is 0.295 e. The number of aliphatic hydroxyl groups excluding tert-OH is 1. The van der Waals surface area contributed by atoms with Crippen LogP contribution in [0.1, 0.15) is 42.1 Å². The number of likely N-dealkylation sites (tertiary alicyclic amines) is 1. The third-order valence-corrected chi connectivity index (χ3v) is 7.27. The zero-order valence-corrected chi connectivity index (χ0v) is 24.0. The highest BCUT2D eigenvalue weighted by Crippen LogP contribution is 2.40. The zero-order chi connectivity index (χ0) is 29.4. The molecule has 41 heavy (non-hydrogen) atoms. The molecule has 3 aromatic rings. The van der Waals surface area contributed by atoms with E-state index in [9.17, 15) is 14.7 Å². The van der Waals surface area contributed by atoms with Crippen molar-refractivity contribution in [2.75, 3.05) is 32.8 Å². The average molecular weight is 555 g/mol. The van der Waals surface area contributed by atoms with Gasteiger partial charge in [-0.25, -0.2) is 0 Å². The van der Waals surface area contributed by atoms with E-state index in [-0.39, 0.29) is 11.3 Å². The minimum Gasteiger partial charge on any atom is -0.507 e. The minimum atomic E-state index is -0.726. The van der Waals surface area contributed by atoms with E-state index in [2.05, 4.69) is 31.4 Å². The maximum absolute atomic E-state index is 13.4. The molecule has 1 amide bonds. The summed E-state index contributed by atoms with van der Waals surface area (Å²) in [5.74, 6) is -0.243. The van der Waals surface area contributed by atoms with Gasteiger partial charge in [0.25, 0.3) is 11.7 Å². The summed E-state index contributed by atoms with van der Waals surface area (Å²) in [6.45, 7) is 13.2. The van der Waals surface area contributed by atoms with E-state index < -0.39 is 17.7 Å². The molecule has 1 heterocycles. The third-order valence-electron chi connectivity index (χ3n) is 7.27. The van der Waals surface area contributed by atoms with Gasteiger partial charge in [-0.05, 0) is 67.5 Å². The number of benzene rings is 3. The molecular weight excluding hydrogens is 516 g/mol. The summed E-state index contributed by atoms with van der Waals surface area (Å²) in [6.07, 6.45) is 1.66. The molecular formula is C34H38N2O5. The van der Waals surface area contributed by atoms with E-state index in [1.54, 1.807) is 47.4 Å². The van der Waals surface area contributed by atoms with E-state index in [0.29, 0.717) is 48.9 Å². The fourth-order valence-corrected chi connectivity index (χ4v) is 4.98. The number of rotatable bonds is 13. The number of ketones is 1. The normalized spacial score (nSPS) is 16.3. The van der Waals surface area contributed by atoms with Gasteiger partial charge in [0, 0.05) is 18.7 Å². The predicted molar refractivity (Wildman–Crippen MR) is 161 cm³/mol. The van der Waals surface area contributed by atoms with Crippen molar-refractivity contribution in [3.63, 3.8) is 0 Å². The Bertz CT molecular complexity index is 1390. The molecule has 0 saturated carbocycles. The van der Waals surface area contributed by atoms with Crippen LogP contribution in [0.3, 0.4) is 0 Å². The quantitative estimate of drug-likeness (QED) is 0.123. The van der Waals surface area contributed by atoms with Gasteiger partial charge in [0.2, 0.25) is 0 Å². The van der Waals surface area contributed by atoms with Gasteiger partial charge in [-0.15, -0.1) is 0 Å². The van der Waals surface area contributed by atoms with Gasteiger partial charge in [0.1, 0.15) is 30.5 Å². The summed E-state index contributed by atoms with van der Waals surface area (Å²) in [4.78, 5) is 30.4. The number of carbonyl (C=O) groups is 2. The first-order valence-electron chi connectivity index (χ1n) is 14.0. The van der Waals surface area contributed by atoms with Crippen LogP contribution in [-0.4, -0.2) is 59.4 Å². The molecule has 3 aromatic carbocycles. The number of ether oxygens (including phenoxy) is 2. The molecule has 1 unspecified atom stereocenters. The van der Waals surface area contributed by atoms with Crippen LogP contribution in [0, 0.1) is 6.92 Å². The SMILES string of the molecule is C=CCOc1ccc(C2/C(=C(\O)c3ccc(OCc4cccc(C)c4)cc3)C(=O)C(=O)N2CCN(CC)CC)cc1. The van der Waals surface area contributed by atoms with E-state index in [1.807, 2.05) is 37.3 Å². The first-order valence-corrected chi connectivity index (χ1v) is 14.0. The van der Waals surface area contributed by atoms with Gasteiger partial charge in [-0.1, -0.05) is 68.5 Å². The monoisotopic (exact) mass is 554 g/mol. The Balaban J connectivity index is 1.64. The fraction of sp³-hybridized carbons (Fsp3) is 0.294. The molecule has 4 rings (SSSR count). The van der Waals surface area contributed by atoms with Gasteiger partial charge in [-0.3, -0.25) is 9.59 Å². The van der Waals surface area contributed by atoms with Gasteiger partial charge in [-0.2, -0.15) is 0 Å². The van der Waals surface area contributed by atoms with Gasteiger partial charge >= 0.3 is 0 Å². The third kappa shape index (κ3) is 7.05. The predicted octanol–water partition coefficient (Wildman–Crippen LogP) is 5.90. The largest absolute Gasteiger partial charge is 0.507 e. The van der Waals surface area contributed by atoms with Crippen molar-refractivity contribution in [3.05, 3.63) is 113 Å². The first-order chi connectivity index (χ1) is 19.9. The molecule has 214 valence electrons. The average Bonchev–Trinajstić information content (AvgIpc) is 3.25. The molecule has 1 atom stereocenters. The molecule has 1 N–H and O–H groups in total. The van der Waals surface area contributed by atoms with Crippen LogP contribution in [0.15, 0.2) is 91.0 Å². The molecule has 1 aliphatic heterocycles. The number of Topliss-reactive ketones (excluding diaryl/α,β-unsaturated/α-hetero) is 1. The van der Waals surface area contributed by atoms with Crippen molar-refractivity contribution >= 4 is 17.4 Å². The summed E-state index contributed by atoms with van der Waals surface area (Å²) in [5.41, 5.74) is 3.44. The van der Waals surface area contributed by atoms with E-state index >= 15 is 0 Å². The summed E-state index contributed by atoms with van der Waals surface area (Å²) in [7, 11) is 0. The Morgan fingerprint density at radius 1 is 0.976 bits per heavy atom.